The summed E-state index contributed by atoms with van der Waals surface area (Å²) in [5.74, 6) is 4.52. The number of aryl methyl sites for hydroxylation is 1. The molecule has 1 aliphatic rings. The molecule has 3 aromatic rings. The van der Waals surface area contributed by atoms with Crippen LogP contribution in [-0.2, 0) is 0 Å². The minimum atomic E-state index is -0.945. The number of nitrogens with two attached hydrogens (primary N) is 2. The number of pyridine rings is 2. The average molecular weight is 541 g/mol. The van der Waals surface area contributed by atoms with Crippen molar-refractivity contribution in [2.45, 2.75) is 52.6 Å². The number of hydrazine groups is 1. The number of nitrogens with one attached hydrogen (secondary N) is 2. The van der Waals surface area contributed by atoms with E-state index >= 15 is 4.39 Å². The molecule has 0 aliphatic heterocycles. The minimum Gasteiger partial charge on any atom is -0.396 e. The lowest BCUT2D eigenvalue weighted by atomic mass is 9.96. The van der Waals surface area contributed by atoms with Crippen molar-refractivity contribution in [3.05, 3.63) is 69.9 Å². The first-order chi connectivity index (χ1) is 17.9. The van der Waals surface area contributed by atoms with Crippen LogP contribution < -0.4 is 22.2 Å². The Balaban J connectivity index is 1.83. The zero-order valence-electron chi connectivity index (χ0n) is 21.7. The Morgan fingerprint density at radius 3 is 2.63 bits per heavy atom. The van der Waals surface area contributed by atoms with E-state index in [4.69, 9.17) is 23.2 Å². The Morgan fingerprint density at radius 1 is 1.32 bits per heavy atom. The van der Waals surface area contributed by atoms with Gasteiger partial charge >= 0.3 is 0 Å². The average Bonchev–Trinajstić information content (AvgIpc) is 3.70. The number of hydrogen-bond donors (Lipinski definition) is 4. The van der Waals surface area contributed by atoms with Crippen molar-refractivity contribution >= 4 is 33.9 Å². The van der Waals surface area contributed by atoms with Gasteiger partial charge in [0.15, 0.2) is 0 Å². The van der Waals surface area contributed by atoms with Gasteiger partial charge in [0.1, 0.15) is 6.07 Å². The van der Waals surface area contributed by atoms with Crippen molar-refractivity contribution < 1.29 is 8.78 Å². The van der Waals surface area contributed by atoms with Crippen molar-refractivity contribution in [1.82, 2.24) is 15.0 Å². The Bertz CT molecular complexity index is 1440. The van der Waals surface area contributed by atoms with E-state index in [1.54, 1.807) is 19.1 Å². The van der Waals surface area contributed by atoms with E-state index in [-0.39, 0.29) is 17.2 Å². The second kappa shape index (κ2) is 10.6. The highest BCUT2D eigenvalue weighted by Crippen LogP contribution is 2.37. The van der Waals surface area contributed by atoms with Gasteiger partial charge in [-0.1, -0.05) is 38.4 Å². The molecule has 1 fully saturated rings. The van der Waals surface area contributed by atoms with E-state index in [1.165, 1.54) is 18.3 Å². The van der Waals surface area contributed by atoms with Crippen LogP contribution in [-0.4, -0.2) is 27.6 Å². The van der Waals surface area contributed by atoms with E-state index < -0.39 is 17.9 Å². The lowest BCUT2D eigenvalue weighted by molar-refractivity contribution is 0.259. The van der Waals surface area contributed by atoms with Crippen molar-refractivity contribution in [2.75, 3.05) is 17.2 Å². The largest absolute Gasteiger partial charge is 0.396 e. The maximum Gasteiger partial charge on any atom is 0.225 e. The van der Waals surface area contributed by atoms with Crippen LogP contribution in [0.4, 0.5) is 20.2 Å². The predicted molar refractivity (Wildman–Crippen MR) is 146 cm³/mol. The molecule has 4 rings (SSSR count). The molecular weight excluding hydrogens is 510 g/mol. The molecule has 38 heavy (non-hydrogen) atoms. The summed E-state index contributed by atoms with van der Waals surface area (Å²) >= 11 is 6.62. The SMILES string of the molecule is Cc1nc(F)ccc1[C@H](Nc1cc(Cl)c2ncc(C#N)c(NCC(C)(C)C)c2c1)/C(N)=C(\F)N(N)C1CC1. The number of benzene rings is 1. The third-order valence-electron chi connectivity index (χ3n) is 6.27. The molecule has 1 aromatic carbocycles. The second-order valence-electron chi connectivity index (χ2n) is 10.7. The predicted octanol–water partition coefficient (Wildman–Crippen LogP) is 5.65. The van der Waals surface area contributed by atoms with Crippen LogP contribution in [0.25, 0.3) is 10.9 Å². The van der Waals surface area contributed by atoms with Crippen LogP contribution in [0.5, 0.6) is 0 Å². The quantitative estimate of drug-likeness (QED) is 0.125. The number of halogens is 3. The van der Waals surface area contributed by atoms with Gasteiger partial charge in [-0.3, -0.25) is 9.99 Å². The summed E-state index contributed by atoms with van der Waals surface area (Å²) in [5.41, 5.74) is 8.83. The van der Waals surface area contributed by atoms with Gasteiger partial charge in [-0.25, -0.2) is 10.8 Å². The van der Waals surface area contributed by atoms with Gasteiger partial charge < -0.3 is 16.4 Å². The van der Waals surface area contributed by atoms with Crippen LogP contribution in [0.15, 0.2) is 42.1 Å². The number of nitriles is 1. The minimum absolute atomic E-state index is 0.0629. The zero-order chi connectivity index (χ0) is 27.8. The van der Waals surface area contributed by atoms with Gasteiger partial charge in [-0.05, 0) is 43.4 Å². The molecule has 1 saturated carbocycles. The standard InChI is InChI=1S/C27H31ClF2N8/c1-14-18(7-8-21(29)36-14)25(22(32)26(30)38(33)17-5-6-17)37-16-9-19-23(35-13-27(2,3)4)15(11-31)12-34-24(19)20(28)10-16/h7-10,12,17,25,37H,5-6,13,32-33H2,1-4H3,(H,34,35)/b26-22-/t25-/m0/s1. The molecule has 0 bridgehead atoms. The van der Waals surface area contributed by atoms with Gasteiger partial charge in [0.25, 0.3) is 0 Å². The van der Waals surface area contributed by atoms with Crippen molar-refractivity contribution in [1.29, 1.82) is 5.26 Å². The number of nitrogens with zero attached hydrogens (tertiary/aromatic N) is 4. The number of rotatable bonds is 8. The summed E-state index contributed by atoms with van der Waals surface area (Å²) in [6, 6.07) is 7.21. The van der Waals surface area contributed by atoms with Crippen molar-refractivity contribution in [2.24, 2.45) is 17.0 Å². The molecule has 1 atom stereocenters. The first kappa shape index (κ1) is 27.4. The van der Waals surface area contributed by atoms with Gasteiger partial charge in [-0.15, -0.1) is 0 Å². The molecule has 0 saturated heterocycles. The Morgan fingerprint density at radius 2 is 2.03 bits per heavy atom. The number of fused-ring (bicyclic) bond motifs is 1. The Labute approximate surface area is 225 Å². The molecule has 0 spiro atoms. The summed E-state index contributed by atoms with van der Waals surface area (Å²) in [4.78, 5) is 8.27. The first-order valence-corrected chi connectivity index (χ1v) is 12.6. The van der Waals surface area contributed by atoms with Crippen LogP contribution in [0.3, 0.4) is 0 Å². The van der Waals surface area contributed by atoms with E-state index in [9.17, 15) is 9.65 Å². The van der Waals surface area contributed by atoms with Crippen molar-refractivity contribution in [3.8, 4) is 6.07 Å². The summed E-state index contributed by atoms with van der Waals surface area (Å²) in [5, 5.41) is 18.3. The van der Waals surface area contributed by atoms with Crippen LogP contribution in [0, 0.1) is 29.6 Å². The van der Waals surface area contributed by atoms with Gasteiger partial charge in [0.05, 0.1) is 33.5 Å². The Hall–Kier alpha value is -3.68. The first-order valence-electron chi connectivity index (χ1n) is 12.2. The Kier molecular flexibility index (Phi) is 7.63. The summed E-state index contributed by atoms with van der Waals surface area (Å²) < 4.78 is 29.2. The third-order valence-corrected chi connectivity index (χ3v) is 6.56. The van der Waals surface area contributed by atoms with Gasteiger partial charge in [0.2, 0.25) is 11.9 Å². The maximum absolute atomic E-state index is 15.4. The number of anilines is 2. The molecule has 2 heterocycles. The molecule has 0 unspecified atom stereocenters. The van der Waals surface area contributed by atoms with Crippen LogP contribution in [0.1, 0.15) is 56.5 Å². The molecule has 200 valence electrons. The molecule has 11 heteroatoms. The van der Waals surface area contributed by atoms with E-state index in [0.717, 1.165) is 17.9 Å². The van der Waals surface area contributed by atoms with Crippen molar-refractivity contribution in [3.63, 3.8) is 0 Å². The molecule has 0 radical (unpaired) electrons. The highest BCUT2D eigenvalue weighted by molar-refractivity contribution is 6.35. The molecule has 0 amide bonds. The fourth-order valence-electron chi connectivity index (χ4n) is 4.09. The van der Waals surface area contributed by atoms with Crippen LogP contribution >= 0.6 is 11.6 Å². The molecular formula is C27H31ClF2N8. The zero-order valence-corrected chi connectivity index (χ0v) is 22.5. The summed E-state index contributed by atoms with van der Waals surface area (Å²) in [6.07, 6.45) is 3.02. The van der Waals surface area contributed by atoms with Gasteiger partial charge in [0, 0.05) is 41.1 Å². The fraction of sp³-hybridized carbons (Fsp3) is 0.370. The molecule has 6 N–H and O–H groups in total. The van der Waals surface area contributed by atoms with E-state index in [0.29, 0.717) is 50.7 Å². The third kappa shape index (κ3) is 5.90. The lowest BCUT2D eigenvalue weighted by Crippen LogP contribution is -2.34. The number of aromatic nitrogens is 2. The normalized spacial score (nSPS) is 15.0. The fourth-order valence-corrected chi connectivity index (χ4v) is 4.36. The molecule has 2 aromatic heterocycles. The van der Waals surface area contributed by atoms with Crippen LogP contribution in [0.2, 0.25) is 5.02 Å². The highest BCUT2D eigenvalue weighted by Gasteiger charge is 2.32. The summed E-state index contributed by atoms with van der Waals surface area (Å²) in [6.45, 7) is 8.43. The van der Waals surface area contributed by atoms with E-state index in [2.05, 4.69) is 47.4 Å². The molecule has 8 nitrogen and oxygen atoms in total. The highest BCUT2D eigenvalue weighted by atomic mass is 35.5. The smallest absolute Gasteiger partial charge is 0.225 e. The van der Waals surface area contributed by atoms with Gasteiger partial charge in [-0.2, -0.15) is 14.0 Å². The molecule has 1 aliphatic carbocycles. The second-order valence-corrected chi connectivity index (χ2v) is 11.1. The van der Waals surface area contributed by atoms with E-state index in [1.807, 2.05) is 0 Å². The number of hydrogen-bond acceptors (Lipinski definition) is 8. The topological polar surface area (TPSA) is 129 Å². The lowest BCUT2D eigenvalue weighted by Gasteiger charge is -2.26. The monoisotopic (exact) mass is 540 g/mol. The maximum atomic E-state index is 15.4. The summed E-state index contributed by atoms with van der Waals surface area (Å²) in [7, 11) is 0.